The molecule has 0 aromatic rings. The Balaban J connectivity index is 2.10. The van der Waals surface area contributed by atoms with Crippen molar-refractivity contribution in [2.45, 2.75) is 32.2 Å². The predicted octanol–water partition coefficient (Wildman–Crippen LogP) is 1.29. The highest BCUT2D eigenvalue weighted by atomic mass is 32.2. The number of hydrogen-bond acceptors (Lipinski definition) is 3. The normalized spacial score (nSPS) is 18.4. The number of carboxylic acid groups (broad SMARTS) is 1. The van der Waals surface area contributed by atoms with Crippen LogP contribution in [0.1, 0.15) is 26.2 Å². The van der Waals surface area contributed by atoms with Crippen LogP contribution in [0.25, 0.3) is 0 Å². The number of carbonyl (C=O) groups excluding carboxylic acids is 1. The maximum Gasteiger partial charge on any atom is 0.315 e. The van der Waals surface area contributed by atoms with Crippen LogP contribution in [0.2, 0.25) is 0 Å². The molecular formula is C11H20N2O3S. The number of carboxylic acids is 1. The van der Waals surface area contributed by atoms with Gasteiger partial charge in [-0.15, -0.1) is 0 Å². The van der Waals surface area contributed by atoms with Crippen LogP contribution in [0.3, 0.4) is 0 Å². The van der Waals surface area contributed by atoms with E-state index >= 15 is 0 Å². The zero-order valence-corrected chi connectivity index (χ0v) is 10.9. The van der Waals surface area contributed by atoms with E-state index < -0.39 is 11.9 Å². The molecule has 2 amide bonds. The minimum absolute atomic E-state index is 0.181. The Bertz CT molecular complexity index is 267. The Morgan fingerprint density at radius 2 is 2.06 bits per heavy atom. The molecule has 17 heavy (non-hydrogen) atoms. The Morgan fingerprint density at radius 3 is 2.65 bits per heavy atom. The molecule has 6 heteroatoms. The van der Waals surface area contributed by atoms with Crippen molar-refractivity contribution >= 4 is 23.8 Å². The van der Waals surface area contributed by atoms with E-state index in [-0.39, 0.29) is 12.1 Å². The van der Waals surface area contributed by atoms with Crippen LogP contribution in [-0.2, 0) is 4.79 Å². The highest BCUT2D eigenvalue weighted by molar-refractivity contribution is 7.99. The van der Waals surface area contributed by atoms with Gasteiger partial charge in [-0.3, -0.25) is 4.79 Å². The van der Waals surface area contributed by atoms with Gasteiger partial charge in [-0.05, 0) is 30.8 Å². The molecule has 0 aromatic heterocycles. The summed E-state index contributed by atoms with van der Waals surface area (Å²) in [7, 11) is 0. The molecule has 0 bridgehead atoms. The lowest BCUT2D eigenvalue weighted by molar-refractivity contribution is -0.141. The molecule has 1 fully saturated rings. The molecule has 5 nitrogen and oxygen atoms in total. The Kier molecular flexibility index (Phi) is 6.18. The second-order valence-electron chi connectivity index (χ2n) is 4.31. The van der Waals surface area contributed by atoms with Crippen LogP contribution in [-0.4, -0.2) is 41.2 Å². The molecule has 1 aliphatic rings. The van der Waals surface area contributed by atoms with Crippen LogP contribution in [0, 0.1) is 5.92 Å². The maximum absolute atomic E-state index is 11.5. The van der Waals surface area contributed by atoms with Gasteiger partial charge < -0.3 is 15.7 Å². The molecule has 1 unspecified atom stereocenters. The average molecular weight is 260 g/mol. The standard InChI is InChI=1S/C11H20N2O3S/c1-8(10(14)15)2-5-12-11(16)13-9-3-6-17-7-4-9/h8-9H,2-7H2,1H3,(H,14,15)(H2,12,13,16). The van der Waals surface area contributed by atoms with E-state index in [9.17, 15) is 9.59 Å². The van der Waals surface area contributed by atoms with E-state index in [0.29, 0.717) is 13.0 Å². The minimum atomic E-state index is -0.823. The Hall–Kier alpha value is -0.910. The van der Waals surface area contributed by atoms with Gasteiger partial charge in [-0.2, -0.15) is 11.8 Å². The van der Waals surface area contributed by atoms with E-state index in [1.54, 1.807) is 6.92 Å². The number of hydrogen-bond donors (Lipinski definition) is 3. The van der Waals surface area contributed by atoms with Gasteiger partial charge in [0.2, 0.25) is 0 Å². The highest BCUT2D eigenvalue weighted by Gasteiger charge is 2.16. The number of rotatable bonds is 5. The number of amides is 2. The molecule has 0 aromatic carbocycles. The molecule has 3 N–H and O–H groups in total. The third-order valence-corrected chi connectivity index (χ3v) is 3.89. The third kappa shape index (κ3) is 5.81. The zero-order chi connectivity index (χ0) is 12.7. The van der Waals surface area contributed by atoms with E-state index in [2.05, 4.69) is 10.6 Å². The highest BCUT2D eigenvalue weighted by Crippen LogP contribution is 2.16. The summed E-state index contributed by atoms with van der Waals surface area (Å²) in [5.74, 6) is 0.958. The average Bonchev–Trinajstić information content (AvgIpc) is 2.30. The summed E-state index contributed by atoms with van der Waals surface area (Å²) >= 11 is 1.91. The number of thioether (sulfide) groups is 1. The lowest BCUT2D eigenvalue weighted by atomic mass is 10.1. The summed E-state index contributed by atoms with van der Waals surface area (Å²) in [5.41, 5.74) is 0. The summed E-state index contributed by atoms with van der Waals surface area (Å²) < 4.78 is 0. The second-order valence-corrected chi connectivity index (χ2v) is 5.54. The Morgan fingerprint density at radius 1 is 1.41 bits per heavy atom. The first-order valence-electron chi connectivity index (χ1n) is 5.94. The van der Waals surface area contributed by atoms with Gasteiger partial charge in [-0.1, -0.05) is 6.92 Å². The molecule has 0 aliphatic carbocycles. The van der Waals surface area contributed by atoms with Crippen LogP contribution in [0.15, 0.2) is 0 Å². The zero-order valence-electron chi connectivity index (χ0n) is 10.1. The maximum atomic E-state index is 11.5. The fourth-order valence-electron chi connectivity index (χ4n) is 1.60. The summed E-state index contributed by atoms with van der Waals surface area (Å²) in [6.07, 6.45) is 2.50. The smallest absolute Gasteiger partial charge is 0.315 e. The molecule has 0 radical (unpaired) electrons. The fraction of sp³-hybridized carbons (Fsp3) is 0.818. The van der Waals surface area contributed by atoms with Crippen LogP contribution < -0.4 is 10.6 Å². The lowest BCUT2D eigenvalue weighted by Gasteiger charge is -2.22. The molecule has 1 saturated heterocycles. The summed E-state index contributed by atoms with van der Waals surface area (Å²) in [6, 6.07) is 0.0904. The van der Waals surface area contributed by atoms with Crippen molar-refractivity contribution in [1.29, 1.82) is 0 Å². The van der Waals surface area contributed by atoms with Gasteiger partial charge in [0, 0.05) is 12.6 Å². The molecule has 1 heterocycles. The van der Waals surface area contributed by atoms with Crippen LogP contribution in [0.5, 0.6) is 0 Å². The van der Waals surface area contributed by atoms with Crippen molar-refractivity contribution in [2.24, 2.45) is 5.92 Å². The molecule has 1 rings (SSSR count). The fourth-order valence-corrected chi connectivity index (χ4v) is 2.71. The quantitative estimate of drug-likeness (QED) is 0.696. The van der Waals surface area contributed by atoms with Gasteiger partial charge in [0.25, 0.3) is 0 Å². The number of urea groups is 1. The largest absolute Gasteiger partial charge is 0.481 e. The molecule has 1 aliphatic heterocycles. The monoisotopic (exact) mass is 260 g/mol. The molecule has 1 atom stereocenters. The summed E-state index contributed by atoms with van der Waals surface area (Å²) in [4.78, 5) is 22.0. The summed E-state index contributed by atoms with van der Waals surface area (Å²) in [6.45, 7) is 2.04. The first-order chi connectivity index (χ1) is 8.09. The Labute approximate surface area is 106 Å². The van der Waals surface area contributed by atoms with Crippen LogP contribution in [0.4, 0.5) is 4.79 Å². The predicted molar refractivity (Wildman–Crippen MR) is 68.3 cm³/mol. The van der Waals surface area contributed by atoms with Gasteiger partial charge in [0.05, 0.1) is 5.92 Å². The molecule has 98 valence electrons. The van der Waals surface area contributed by atoms with Gasteiger partial charge in [-0.25, -0.2) is 4.79 Å². The molecule has 0 saturated carbocycles. The van der Waals surface area contributed by atoms with Crippen molar-refractivity contribution < 1.29 is 14.7 Å². The van der Waals surface area contributed by atoms with E-state index in [0.717, 1.165) is 24.3 Å². The number of aliphatic carboxylic acids is 1. The first-order valence-corrected chi connectivity index (χ1v) is 7.10. The topological polar surface area (TPSA) is 78.4 Å². The van der Waals surface area contributed by atoms with Gasteiger partial charge >= 0.3 is 12.0 Å². The van der Waals surface area contributed by atoms with Gasteiger partial charge in [0.1, 0.15) is 0 Å². The van der Waals surface area contributed by atoms with Crippen molar-refractivity contribution in [3.8, 4) is 0 Å². The SMILES string of the molecule is CC(CCNC(=O)NC1CCSCC1)C(=O)O. The number of nitrogens with one attached hydrogen (secondary N) is 2. The van der Waals surface area contributed by atoms with Crippen LogP contribution >= 0.6 is 11.8 Å². The van der Waals surface area contributed by atoms with Gasteiger partial charge in [0.15, 0.2) is 0 Å². The van der Waals surface area contributed by atoms with Crippen molar-refractivity contribution in [3.05, 3.63) is 0 Å². The van der Waals surface area contributed by atoms with Crippen molar-refractivity contribution in [3.63, 3.8) is 0 Å². The molecular weight excluding hydrogens is 240 g/mol. The lowest BCUT2D eigenvalue weighted by Crippen LogP contribution is -2.44. The second kappa shape index (κ2) is 7.42. The minimum Gasteiger partial charge on any atom is -0.481 e. The van der Waals surface area contributed by atoms with Crippen molar-refractivity contribution in [2.75, 3.05) is 18.1 Å². The van der Waals surface area contributed by atoms with E-state index in [1.165, 1.54) is 0 Å². The van der Waals surface area contributed by atoms with E-state index in [1.807, 2.05) is 11.8 Å². The third-order valence-electron chi connectivity index (χ3n) is 2.84. The number of carbonyl (C=O) groups is 2. The van der Waals surface area contributed by atoms with E-state index in [4.69, 9.17) is 5.11 Å². The first kappa shape index (κ1) is 14.2. The summed E-state index contributed by atoms with van der Waals surface area (Å²) in [5, 5.41) is 14.3. The molecule has 0 spiro atoms. The van der Waals surface area contributed by atoms with Crippen molar-refractivity contribution in [1.82, 2.24) is 10.6 Å².